The Hall–Kier alpha value is -2.17. The Morgan fingerprint density at radius 1 is 1.16 bits per heavy atom. The molecule has 1 aliphatic heterocycles. The molecule has 3 aliphatic rings. The zero-order valence-electron chi connectivity index (χ0n) is 19.8. The van der Waals surface area contributed by atoms with E-state index in [-0.39, 0.29) is 12.3 Å². The Bertz CT molecular complexity index is 899. The Balaban J connectivity index is 2.04. The average Bonchev–Trinajstić information content (AvgIpc) is 2.68. The second-order valence-electron chi connectivity index (χ2n) is 10.7. The lowest BCUT2D eigenvalue weighted by Gasteiger charge is -2.55. The molecule has 2 aliphatic carbocycles. The van der Waals surface area contributed by atoms with Crippen molar-refractivity contribution in [3.05, 3.63) is 34.6 Å². The van der Waals surface area contributed by atoms with Crippen LogP contribution in [0.5, 0.6) is 0 Å². The fourth-order valence-corrected chi connectivity index (χ4v) is 5.33. The van der Waals surface area contributed by atoms with Crippen LogP contribution in [0.4, 0.5) is 0 Å². The first-order chi connectivity index (χ1) is 14.4. The van der Waals surface area contributed by atoms with Crippen molar-refractivity contribution in [3.63, 3.8) is 0 Å². The maximum absolute atomic E-state index is 13.4. The maximum atomic E-state index is 13.4. The Morgan fingerprint density at radius 2 is 1.84 bits per heavy atom. The summed E-state index contributed by atoms with van der Waals surface area (Å²) in [7, 11) is 0. The Labute approximate surface area is 185 Å². The van der Waals surface area contributed by atoms with Gasteiger partial charge in [-0.3, -0.25) is 9.59 Å². The highest BCUT2D eigenvalue weighted by atomic mass is 16.5. The highest BCUT2D eigenvalue weighted by Crippen LogP contribution is 2.58. The van der Waals surface area contributed by atoms with Gasteiger partial charge in [-0.1, -0.05) is 59.5 Å². The largest absolute Gasteiger partial charge is 0.487 e. The molecule has 1 N–H and O–H groups in total. The monoisotopic (exact) mass is 428 g/mol. The predicted molar refractivity (Wildman–Crippen MR) is 119 cm³/mol. The standard InChI is InChI=1S/C26H36O5/c1-7-8-9-10-12-24(2,3)18-15-19-20(22(28)21(18)27)17-14-16(23(29)30)11-13-26(17,6)25(4,5)31-19/h11,15,17H,7-10,12-14H2,1-6H3,(H,29,30)/t17?,26-/m1/s1. The molecule has 5 nitrogen and oxygen atoms in total. The number of carboxylic acid groups (broad SMARTS) is 1. The van der Waals surface area contributed by atoms with Crippen molar-refractivity contribution < 1.29 is 24.2 Å². The van der Waals surface area contributed by atoms with Crippen molar-refractivity contribution in [1.82, 2.24) is 0 Å². The van der Waals surface area contributed by atoms with E-state index in [1.165, 1.54) is 0 Å². The highest BCUT2D eigenvalue weighted by Gasteiger charge is 2.58. The number of Topliss-reactive ketones (excluding diaryl/α,β-unsaturated/α-hetero) is 2. The lowest BCUT2D eigenvalue weighted by Crippen LogP contribution is -2.55. The van der Waals surface area contributed by atoms with Gasteiger partial charge in [-0.25, -0.2) is 4.79 Å². The van der Waals surface area contributed by atoms with E-state index in [4.69, 9.17) is 4.74 Å². The molecule has 2 atom stereocenters. The molecule has 0 saturated heterocycles. The number of fused-ring (bicyclic) bond motifs is 2. The molecule has 3 rings (SSSR count). The van der Waals surface area contributed by atoms with Gasteiger partial charge in [-0.15, -0.1) is 0 Å². The summed E-state index contributed by atoms with van der Waals surface area (Å²) in [5.74, 6) is -1.85. The Kier molecular flexibility index (Phi) is 6.11. The van der Waals surface area contributed by atoms with E-state index < -0.39 is 34.0 Å². The minimum absolute atomic E-state index is 0.236. The van der Waals surface area contributed by atoms with Gasteiger partial charge < -0.3 is 9.84 Å². The number of unbranched alkanes of at least 4 members (excludes halogenated alkanes) is 3. The van der Waals surface area contributed by atoms with E-state index in [2.05, 4.69) is 6.92 Å². The van der Waals surface area contributed by atoms with Crippen LogP contribution in [0.2, 0.25) is 0 Å². The predicted octanol–water partition coefficient (Wildman–Crippen LogP) is 5.55. The molecule has 0 aromatic heterocycles. The Morgan fingerprint density at radius 3 is 2.45 bits per heavy atom. The van der Waals surface area contributed by atoms with Crippen molar-refractivity contribution in [3.8, 4) is 0 Å². The molecule has 0 fully saturated rings. The van der Waals surface area contributed by atoms with Gasteiger partial charge in [0.25, 0.3) is 0 Å². The highest BCUT2D eigenvalue weighted by molar-refractivity contribution is 6.50. The summed E-state index contributed by atoms with van der Waals surface area (Å²) in [6, 6.07) is 0. The van der Waals surface area contributed by atoms with Gasteiger partial charge in [0, 0.05) is 28.1 Å². The summed E-state index contributed by atoms with van der Waals surface area (Å²) in [4.78, 5) is 38.3. The number of hydrogen-bond donors (Lipinski definition) is 1. The second-order valence-corrected chi connectivity index (χ2v) is 10.7. The number of ether oxygens (including phenoxy) is 1. The molecule has 1 unspecified atom stereocenters. The lowest BCUT2D eigenvalue weighted by molar-refractivity contribution is -0.142. The molecule has 0 radical (unpaired) electrons. The molecule has 5 heteroatoms. The van der Waals surface area contributed by atoms with Crippen LogP contribution in [0.1, 0.15) is 86.5 Å². The van der Waals surface area contributed by atoms with Crippen molar-refractivity contribution >= 4 is 17.5 Å². The van der Waals surface area contributed by atoms with Crippen LogP contribution in [0.3, 0.4) is 0 Å². The zero-order valence-corrected chi connectivity index (χ0v) is 19.8. The molecular formula is C26H36O5. The van der Waals surface area contributed by atoms with Gasteiger partial charge in [0.15, 0.2) is 0 Å². The molecular weight excluding hydrogens is 392 g/mol. The molecule has 0 bridgehead atoms. The van der Waals surface area contributed by atoms with Crippen LogP contribution in [0.15, 0.2) is 34.6 Å². The molecule has 1 heterocycles. The van der Waals surface area contributed by atoms with E-state index in [1.54, 1.807) is 12.2 Å². The molecule has 0 saturated carbocycles. The topological polar surface area (TPSA) is 80.7 Å². The summed E-state index contributed by atoms with van der Waals surface area (Å²) in [5, 5.41) is 9.55. The summed E-state index contributed by atoms with van der Waals surface area (Å²) >= 11 is 0. The smallest absolute Gasteiger partial charge is 0.331 e. The van der Waals surface area contributed by atoms with Gasteiger partial charge in [0.05, 0.1) is 0 Å². The van der Waals surface area contributed by atoms with Gasteiger partial charge in [0.2, 0.25) is 11.6 Å². The van der Waals surface area contributed by atoms with Gasteiger partial charge in [-0.2, -0.15) is 0 Å². The first-order valence-corrected chi connectivity index (χ1v) is 11.5. The van der Waals surface area contributed by atoms with Crippen LogP contribution >= 0.6 is 0 Å². The third-order valence-electron chi connectivity index (χ3n) is 7.95. The number of carboxylic acids is 1. The third-order valence-corrected chi connectivity index (χ3v) is 7.95. The van der Waals surface area contributed by atoms with Crippen molar-refractivity contribution in [1.29, 1.82) is 0 Å². The molecule has 0 amide bonds. The van der Waals surface area contributed by atoms with Crippen molar-refractivity contribution in [2.24, 2.45) is 16.7 Å². The van der Waals surface area contributed by atoms with Gasteiger partial charge in [-0.05, 0) is 44.6 Å². The minimum atomic E-state index is -0.965. The van der Waals surface area contributed by atoms with Crippen LogP contribution in [0.25, 0.3) is 0 Å². The second kappa shape index (κ2) is 8.07. The molecule has 0 spiro atoms. The van der Waals surface area contributed by atoms with E-state index in [9.17, 15) is 19.5 Å². The van der Waals surface area contributed by atoms with Crippen LogP contribution in [-0.4, -0.2) is 28.2 Å². The van der Waals surface area contributed by atoms with E-state index in [0.717, 1.165) is 32.1 Å². The van der Waals surface area contributed by atoms with Crippen molar-refractivity contribution in [2.75, 3.05) is 0 Å². The van der Waals surface area contributed by atoms with Gasteiger partial charge >= 0.3 is 5.97 Å². The number of carbonyl (C=O) groups is 3. The molecule has 170 valence electrons. The normalized spacial score (nSPS) is 27.7. The van der Waals surface area contributed by atoms with Crippen LogP contribution in [-0.2, 0) is 19.1 Å². The number of allylic oxidation sites excluding steroid dienone is 4. The van der Waals surface area contributed by atoms with Crippen LogP contribution in [0, 0.1) is 16.7 Å². The van der Waals surface area contributed by atoms with Crippen LogP contribution < -0.4 is 0 Å². The van der Waals surface area contributed by atoms with Gasteiger partial charge in [0.1, 0.15) is 11.4 Å². The first kappa shape index (κ1) is 23.5. The minimum Gasteiger partial charge on any atom is -0.487 e. The summed E-state index contributed by atoms with van der Waals surface area (Å²) in [6.07, 6.45) is 9.50. The number of aliphatic carboxylic acids is 1. The van der Waals surface area contributed by atoms with E-state index in [1.807, 2.05) is 34.6 Å². The summed E-state index contributed by atoms with van der Waals surface area (Å²) < 4.78 is 6.39. The van der Waals surface area contributed by atoms with Crippen molar-refractivity contribution in [2.45, 2.75) is 92.1 Å². The van der Waals surface area contributed by atoms with E-state index >= 15 is 0 Å². The SMILES string of the molecule is CCCCCCC(C)(C)C1=CC2=C(C(=O)C1=O)C1CC(C(=O)O)=CC[C@@]1(C)C(C)(C)O2. The third kappa shape index (κ3) is 3.92. The first-order valence-electron chi connectivity index (χ1n) is 11.5. The number of ketones is 2. The fourth-order valence-electron chi connectivity index (χ4n) is 5.33. The summed E-state index contributed by atoms with van der Waals surface area (Å²) in [5.41, 5.74) is -0.322. The molecule has 0 aromatic carbocycles. The number of rotatable bonds is 7. The average molecular weight is 429 g/mol. The van der Waals surface area contributed by atoms with E-state index in [0.29, 0.717) is 28.9 Å². The molecule has 0 aromatic rings. The lowest BCUT2D eigenvalue weighted by atomic mass is 9.55. The number of carbonyl (C=O) groups excluding carboxylic acids is 2. The molecule has 31 heavy (non-hydrogen) atoms. The maximum Gasteiger partial charge on any atom is 0.331 e. The number of hydrogen-bond acceptors (Lipinski definition) is 4. The fraction of sp³-hybridized carbons (Fsp3) is 0.654. The zero-order chi connectivity index (χ0) is 23.2. The quantitative estimate of drug-likeness (QED) is 0.327. The summed E-state index contributed by atoms with van der Waals surface area (Å²) in [6.45, 7) is 12.2.